The normalized spacial score (nSPS) is 13.9. The number of ether oxygens (including phenoxy) is 1. The van der Waals surface area contributed by atoms with E-state index in [0.717, 1.165) is 24.6 Å². The van der Waals surface area contributed by atoms with Crippen molar-refractivity contribution in [3.63, 3.8) is 0 Å². The standard InChI is InChI=1S/C14H19F2NO2/c1-4-8-17-14(3,13(18)19-5-2)11-9-10(15)6-7-12(11)16/h6-7,9,17H,4-5,8H2,1-3H3. The van der Waals surface area contributed by atoms with E-state index < -0.39 is 23.1 Å². The van der Waals surface area contributed by atoms with Gasteiger partial charge in [0.15, 0.2) is 0 Å². The van der Waals surface area contributed by atoms with Crippen molar-refractivity contribution in [1.82, 2.24) is 5.32 Å². The van der Waals surface area contributed by atoms with Crippen molar-refractivity contribution in [3.05, 3.63) is 35.4 Å². The number of benzene rings is 1. The van der Waals surface area contributed by atoms with Crippen LogP contribution in [0.4, 0.5) is 8.78 Å². The Morgan fingerprint density at radius 2 is 2.05 bits per heavy atom. The fraction of sp³-hybridized carbons (Fsp3) is 0.500. The number of hydrogen-bond acceptors (Lipinski definition) is 3. The van der Waals surface area contributed by atoms with Gasteiger partial charge in [-0.2, -0.15) is 0 Å². The maximum atomic E-state index is 13.9. The molecule has 0 radical (unpaired) electrons. The number of carbonyl (C=O) groups is 1. The number of halogens is 2. The molecule has 0 spiro atoms. The number of nitrogens with one attached hydrogen (secondary N) is 1. The average Bonchev–Trinajstić information content (AvgIpc) is 2.39. The number of rotatable bonds is 6. The first-order valence-electron chi connectivity index (χ1n) is 6.33. The molecule has 1 rings (SSSR count). The minimum Gasteiger partial charge on any atom is -0.464 e. The van der Waals surface area contributed by atoms with Gasteiger partial charge >= 0.3 is 5.97 Å². The van der Waals surface area contributed by atoms with Crippen molar-refractivity contribution < 1.29 is 18.3 Å². The smallest absolute Gasteiger partial charge is 0.330 e. The van der Waals surface area contributed by atoms with Gasteiger partial charge in [0.25, 0.3) is 0 Å². The minimum atomic E-state index is -1.39. The van der Waals surface area contributed by atoms with Gasteiger partial charge in [0.1, 0.15) is 17.2 Å². The Labute approximate surface area is 112 Å². The molecule has 0 aliphatic heterocycles. The Bertz CT molecular complexity index is 451. The van der Waals surface area contributed by atoms with Crippen LogP contribution >= 0.6 is 0 Å². The van der Waals surface area contributed by atoms with Gasteiger partial charge < -0.3 is 4.74 Å². The van der Waals surface area contributed by atoms with Gasteiger partial charge in [0, 0.05) is 5.56 Å². The summed E-state index contributed by atoms with van der Waals surface area (Å²) in [7, 11) is 0. The lowest BCUT2D eigenvalue weighted by atomic mass is 9.91. The van der Waals surface area contributed by atoms with E-state index in [1.165, 1.54) is 6.92 Å². The Hall–Kier alpha value is -1.49. The van der Waals surface area contributed by atoms with E-state index in [1.54, 1.807) is 6.92 Å². The third kappa shape index (κ3) is 3.50. The first-order valence-corrected chi connectivity index (χ1v) is 6.33. The zero-order valence-corrected chi connectivity index (χ0v) is 11.4. The van der Waals surface area contributed by atoms with Gasteiger partial charge in [0.05, 0.1) is 6.61 Å². The topological polar surface area (TPSA) is 38.3 Å². The molecule has 1 N–H and O–H groups in total. The lowest BCUT2D eigenvalue weighted by molar-refractivity contribution is -0.151. The number of carbonyl (C=O) groups excluding carboxylic acids is 1. The van der Waals surface area contributed by atoms with Crippen LogP contribution in [0.5, 0.6) is 0 Å². The van der Waals surface area contributed by atoms with Gasteiger partial charge in [0.2, 0.25) is 0 Å². The summed E-state index contributed by atoms with van der Waals surface area (Å²) in [6, 6.07) is 3.05. The summed E-state index contributed by atoms with van der Waals surface area (Å²) < 4.78 is 32.1. The Morgan fingerprint density at radius 3 is 2.63 bits per heavy atom. The van der Waals surface area contributed by atoms with Crippen molar-refractivity contribution in [2.75, 3.05) is 13.2 Å². The van der Waals surface area contributed by atoms with Crippen LogP contribution < -0.4 is 5.32 Å². The quantitative estimate of drug-likeness (QED) is 0.808. The first-order chi connectivity index (χ1) is 8.95. The maximum absolute atomic E-state index is 13.9. The molecule has 1 aromatic carbocycles. The third-order valence-electron chi connectivity index (χ3n) is 2.88. The summed E-state index contributed by atoms with van der Waals surface area (Å²) in [5, 5.41) is 2.93. The molecule has 1 aromatic rings. The molecule has 5 heteroatoms. The molecule has 19 heavy (non-hydrogen) atoms. The van der Waals surface area contributed by atoms with E-state index in [2.05, 4.69) is 5.32 Å². The number of esters is 1. The van der Waals surface area contributed by atoms with Crippen molar-refractivity contribution in [1.29, 1.82) is 0 Å². The summed E-state index contributed by atoms with van der Waals surface area (Å²) in [6.45, 7) is 5.75. The molecule has 0 saturated heterocycles. The van der Waals surface area contributed by atoms with Crippen LogP contribution in [0.15, 0.2) is 18.2 Å². The molecule has 0 saturated carbocycles. The highest BCUT2D eigenvalue weighted by Crippen LogP contribution is 2.26. The highest BCUT2D eigenvalue weighted by atomic mass is 19.1. The van der Waals surface area contributed by atoms with Crippen molar-refractivity contribution in [2.45, 2.75) is 32.7 Å². The van der Waals surface area contributed by atoms with Gasteiger partial charge in [-0.05, 0) is 45.0 Å². The number of hydrogen-bond donors (Lipinski definition) is 1. The molecule has 0 bridgehead atoms. The van der Waals surface area contributed by atoms with Gasteiger partial charge in [-0.15, -0.1) is 0 Å². The van der Waals surface area contributed by atoms with Gasteiger partial charge in [-0.25, -0.2) is 13.6 Å². The van der Waals surface area contributed by atoms with Crippen LogP contribution in [0.3, 0.4) is 0 Å². The second-order valence-corrected chi connectivity index (χ2v) is 4.40. The second kappa shape index (κ2) is 6.61. The average molecular weight is 271 g/mol. The Balaban J connectivity index is 3.21. The lowest BCUT2D eigenvalue weighted by Gasteiger charge is -2.29. The molecule has 0 heterocycles. The summed E-state index contributed by atoms with van der Waals surface area (Å²) in [4.78, 5) is 12.1. The molecule has 0 aliphatic rings. The summed E-state index contributed by atoms with van der Waals surface area (Å²) in [5.74, 6) is -1.85. The SMILES string of the molecule is CCCNC(C)(C(=O)OCC)c1cc(F)ccc1F. The molecule has 0 amide bonds. The lowest BCUT2D eigenvalue weighted by Crippen LogP contribution is -2.48. The van der Waals surface area contributed by atoms with Gasteiger partial charge in [-0.3, -0.25) is 5.32 Å². The zero-order chi connectivity index (χ0) is 14.5. The predicted molar refractivity (Wildman–Crippen MR) is 68.6 cm³/mol. The van der Waals surface area contributed by atoms with Gasteiger partial charge in [-0.1, -0.05) is 6.92 Å². The van der Waals surface area contributed by atoms with Crippen LogP contribution in [0.1, 0.15) is 32.8 Å². The van der Waals surface area contributed by atoms with E-state index in [1.807, 2.05) is 6.92 Å². The van der Waals surface area contributed by atoms with E-state index in [4.69, 9.17) is 4.74 Å². The summed E-state index contributed by atoms with van der Waals surface area (Å²) >= 11 is 0. The minimum absolute atomic E-state index is 0.0422. The maximum Gasteiger partial charge on any atom is 0.330 e. The van der Waals surface area contributed by atoms with Crippen LogP contribution in [0.2, 0.25) is 0 Å². The second-order valence-electron chi connectivity index (χ2n) is 4.40. The van der Waals surface area contributed by atoms with Crippen LogP contribution in [0.25, 0.3) is 0 Å². The van der Waals surface area contributed by atoms with Crippen LogP contribution in [0, 0.1) is 11.6 Å². The Morgan fingerprint density at radius 1 is 1.37 bits per heavy atom. The van der Waals surface area contributed by atoms with E-state index in [-0.39, 0.29) is 12.2 Å². The monoisotopic (exact) mass is 271 g/mol. The van der Waals surface area contributed by atoms with E-state index in [9.17, 15) is 13.6 Å². The molecule has 3 nitrogen and oxygen atoms in total. The van der Waals surface area contributed by atoms with Crippen molar-refractivity contribution >= 4 is 5.97 Å². The van der Waals surface area contributed by atoms with E-state index >= 15 is 0 Å². The van der Waals surface area contributed by atoms with Crippen molar-refractivity contribution in [2.24, 2.45) is 0 Å². The summed E-state index contributed by atoms with van der Waals surface area (Å²) in [5.41, 5.74) is -1.43. The Kier molecular flexibility index (Phi) is 5.42. The molecular formula is C14H19F2NO2. The molecule has 0 aliphatic carbocycles. The molecule has 1 atom stereocenters. The van der Waals surface area contributed by atoms with Crippen LogP contribution in [-0.2, 0) is 15.1 Å². The summed E-state index contributed by atoms with van der Waals surface area (Å²) in [6.07, 6.45) is 0.756. The highest BCUT2D eigenvalue weighted by Gasteiger charge is 2.38. The molecule has 0 fully saturated rings. The predicted octanol–water partition coefficient (Wildman–Crippen LogP) is 2.74. The highest BCUT2D eigenvalue weighted by molar-refractivity contribution is 5.82. The first kappa shape index (κ1) is 15.6. The fourth-order valence-corrected chi connectivity index (χ4v) is 1.81. The van der Waals surface area contributed by atoms with Crippen molar-refractivity contribution in [3.8, 4) is 0 Å². The molecule has 1 unspecified atom stereocenters. The molecule has 106 valence electrons. The zero-order valence-electron chi connectivity index (χ0n) is 11.4. The van der Waals surface area contributed by atoms with E-state index in [0.29, 0.717) is 6.54 Å². The van der Waals surface area contributed by atoms with Crippen LogP contribution in [-0.4, -0.2) is 19.1 Å². The molecular weight excluding hydrogens is 252 g/mol. The fourth-order valence-electron chi connectivity index (χ4n) is 1.81. The largest absolute Gasteiger partial charge is 0.464 e. The molecule has 0 aromatic heterocycles. The third-order valence-corrected chi connectivity index (χ3v) is 2.88.